The number of nitriles is 1. The molecule has 0 bridgehead atoms. The van der Waals surface area contributed by atoms with Crippen LogP contribution in [-0.4, -0.2) is 28.8 Å². The van der Waals surface area contributed by atoms with Gasteiger partial charge in [-0.05, 0) is 28.1 Å². The number of benzene rings is 1. The lowest BCUT2D eigenvalue weighted by molar-refractivity contribution is 0.610. The molecule has 1 aliphatic rings. The van der Waals surface area contributed by atoms with E-state index in [1.165, 1.54) is 0 Å². The van der Waals surface area contributed by atoms with E-state index in [2.05, 4.69) is 15.9 Å². The molecule has 0 aromatic heterocycles. The fraction of sp³-hybridized carbons (Fsp3) is 0.364. The highest BCUT2D eigenvalue weighted by Crippen LogP contribution is 2.29. The fourth-order valence-electron chi connectivity index (χ4n) is 1.75. The molecule has 90 valence electrons. The lowest BCUT2D eigenvalue weighted by Gasteiger charge is -2.29. The zero-order chi connectivity index (χ0) is 12.4. The molecule has 0 aliphatic carbocycles. The molecule has 1 saturated heterocycles. The van der Waals surface area contributed by atoms with Gasteiger partial charge in [0.25, 0.3) is 0 Å². The molecule has 0 saturated carbocycles. The molecule has 0 atom stereocenters. The molecule has 0 spiro atoms. The summed E-state index contributed by atoms with van der Waals surface area (Å²) in [6.07, 6.45) is 0. The highest BCUT2D eigenvalue weighted by Gasteiger charge is 2.20. The third-order valence-corrected chi connectivity index (χ3v) is 4.75. The summed E-state index contributed by atoms with van der Waals surface area (Å²) in [4.78, 5) is 1.86. The molecule has 6 heteroatoms. The van der Waals surface area contributed by atoms with Crippen LogP contribution in [-0.2, 0) is 10.8 Å². The summed E-state index contributed by atoms with van der Waals surface area (Å²) >= 11 is 3.09. The lowest BCUT2D eigenvalue weighted by atomic mass is 10.2. The first-order valence-corrected chi connectivity index (χ1v) is 7.39. The maximum atomic E-state index is 14.0. The van der Waals surface area contributed by atoms with E-state index >= 15 is 0 Å². The van der Waals surface area contributed by atoms with Gasteiger partial charge in [-0.1, -0.05) is 0 Å². The average molecular weight is 317 g/mol. The summed E-state index contributed by atoms with van der Waals surface area (Å²) in [5, 5.41) is 8.78. The normalized spacial score (nSPS) is 16.9. The third kappa shape index (κ3) is 2.50. The van der Waals surface area contributed by atoms with Crippen molar-refractivity contribution in [3.05, 3.63) is 28.0 Å². The van der Waals surface area contributed by atoms with E-state index in [1.54, 1.807) is 12.1 Å². The van der Waals surface area contributed by atoms with Crippen LogP contribution < -0.4 is 4.90 Å². The fourth-order valence-corrected chi connectivity index (χ4v) is 3.22. The van der Waals surface area contributed by atoms with Gasteiger partial charge >= 0.3 is 0 Å². The van der Waals surface area contributed by atoms with Crippen LogP contribution in [0.25, 0.3) is 0 Å². The summed E-state index contributed by atoms with van der Waals surface area (Å²) in [7, 11) is -0.781. The highest BCUT2D eigenvalue weighted by atomic mass is 79.9. The van der Waals surface area contributed by atoms with Crippen molar-refractivity contribution < 1.29 is 8.60 Å². The Morgan fingerprint density at radius 2 is 2.06 bits per heavy atom. The smallest absolute Gasteiger partial charge is 0.161 e. The third-order valence-electron chi connectivity index (χ3n) is 2.70. The predicted molar refractivity (Wildman–Crippen MR) is 68.9 cm³/mol. The number of anilines is 1. The molecule has 0 amide bonds. The Morgan fingerprint density at radius 3 is 2.65 bits per heavy atom. The van der Waals surface area contributed by atoms with Gasteiger partial charge in [-0.3, -0.25) is 4.21 Å². The minimum Gasteiger partial charge on any atom is -0.367 e. The number of nitrogens with zero attached hydrogens (tertiary/aromatic N) is 2. The Kier molecular flexibility index (Phi) is 3.79. The van der Waals surface area contributed by atoms with E-state index < -0.39 is 16.6 Å². The van der Waals surface area contributed by atoms with Gasteiger partial charge in [0.1, 0.15) is 6.07 Å². The van der Waals surface area contributed by atoms with E-state index in [9.17, 15) is 8.60 Å². The van der Waals surface area contributed by atoms with Gasteiger partial charge in [-0.15, -0.1) is 0 Å². The quantitative estimate of drug-likeness (QED) is 0.796. The largest absolute Gasteiger partial charge is 0.367 e. The second kappa shape index (κ2) is 5.15. The van der Waals surface area contributed by atoms with Crippen LogP contribution in [0, 0.1) is 17.1 Å². The van der Waals surface area contributed by atoms with E-state index in [4.69, 9.17) is 5.26 Å². The van der Waals surface area contributed by atoms with Crippen molar-refractivity contribution in [2.45, 2.75) is 0 Å². The van der Waals surface area contributed by atoms with Crippen molar-refractivity contribution in [3.63, 3.8) is 0 Å². The van der Waals surface area contributed by atoms with Crippen LogP contribution in [0.2, 0.25) is 0 Å². The number of hydrogen-bond acceptors (Lipinski definition) is 3. The zero-order valence-corrected chi connectivity index (χ0v) is 11.4. The Labute approximate surface area is 110 Å². The maximum absolute atomic E-state index is 14.0. The molecular weight excluding hydrogens is 307 g/mol. The summed E-state index contributed by atoms with van der Waals surface area (Å²) in [6, 6.07) is 5.11. The average Bonchev–Trinajstić information content (AvgIpc) is 2.34. The Morgan fingerprint density at radius 1 is 1.41 bits per heavy atom. The SMILES string of the molecule is N#Cc1ccc(N2CCS(=O)CC2)c(F)c1Br. The summed E-state index contributed by atoms with van der Waals surface area (Å²) in [5.41, 5.74) is 0.749. The number of hydrogen-bond donors (Lipinski definition) is 0. The maximum Gasteiger partial charge on any atom is 0.161 e. The van der Waals surface area contributed by atoms with E-state index in [0.29, 0.717) is 30.3 Å². The van der Waals surface area contributed by atoms with Crippen LogP contribution in [0.3, 0.4) is 0 Å². The molecule has 1 aromatic rings. The predicted octanol–water partition coefficient (Wildman–Crippen LogP) is 2.03. The molecule has 17 heavy (non-hydrogen) atoms. The summed E-state index contributed by atoms with van der Waals surface area (Å²) in [6.45, 7) is 1.17. The zero-order valence-electron chi connectivity index (χ0n) is 8.95. The van der Waals surface area contributed by atoms with Gasteiger partial charge < -0.3 is 4.90 Å². The first kappa shape index (κ1) is 12.5. The number of halogens is 2. The molecule has 0 unspecified atom stereocenters. The van der Waals surface area contributed by atoms with E-state index in [0.717, 1.165) is 0 Å². The second-order valence-electron chi connectivity index (χ2n) is 3.71. The monoisotopic (exact) mass is 316 g/mol. The van der Waals surface area contributed by atoms with Crippen molar-refractivity contribution in [1.29, 1.82) is 5.26 Å². The second-order valence-corrected chi connectivity index (χ2v) is 6.20. The van der Waals surface area contributed by atoms with Gasteiger partial charge in [-0.25, -0.2) is 4.39 Å². The molecule has 1 aliphatic heterocycles. The Hall–Kier alpha value is -0.930. The van der Waals surface area contributed by atoms with Crippen LogP contribution >= 0.6 is 15.9 Å². The molecule has 2 rings (SSSR count). The summed E-state index contributed by atoms with van der Waals surface area (Å²) in [5.74, 6) is 0.713. The van der Waals surface area contributed by atoms with Crippen molar-refractivity contribution in [2.75, 3.05) is 29.5 Å². The minimum absolute atomic E-state index is 0.198. The van der Waals surface area contributed by atoms with Gasteiger partial charge in [-0.2, -0.15) is 5.26 Å². The first-order chi connectivity index (χ1) is 8.13. The van der Waals surface area contributed by atoms with E-state index in [-0.39, 0.29) is 10.0 Å². The van der Waals surface area contributed by atoms with E-state index in [1.807, 2.05) is 11.0 Å². The van der Waals surface area contributed by atoms with Crippen LogP contribution in [0.1, 0.15) is 5.56 Å². The minimum atomic E-state index is -0.781. The molecular formula is C11H10BrFN2OS. The Balaban J connectivity index is 2.31. The van der Waals surface area contributed by atoms with Gasteiger partial charge in [0.15, 0.2) is 5.82 Å². The highest BCUT2D eigenvalue weighted by molar-refractivity contribution is 9.10. The topological polar surface area (TPSA) is 44.1 Å². The number of rotatable bonds is 1. The standard InChI is InChI=1S/C11H10BrFN2OS/c12-10-8(7-14)1-2-9(11(10)13)15-3-5-17(16)6-4-15/h1-2H,3-6H2. The van der Waals surface area contributed by atoms with Crippen molar-refractivity contribution in [1.82, 2.24) is 0 Å². The van der Waals surface area contributed by atoms with Crippen LogP contribution in [0.4, 0.5) is 10.1 Å². The van der Waals surface area contributed by atoms with Gasteiger partial charge in [0, 0.05) is 35.4 Å². The summed E-state index contributed by atoms with van der Waals surface area (Å²) < 4.78 is 25.4. The van der Waals surface area contributed by atoms with Crippen molar-refractivity contribution in [2.24, 2.45) is 0 Å². The molecule has 3 nitrogen and oxygen atoms in total. The Bertz CT molecular complexity index is 505. The van der Waals surface area contributed by atoms with Gasteiger partial charge in [0.2, 0.25) is 0 Å². The van der Waals surface area contributed by atoms with Crippen LogP contribution in [0.15, 0.2) is 16.6 Å². The molecule has 1 fully saturated rings. The first-order valence-electron chi connectivity index (χ1n) is 5.11. The molecule has 1 heterocycles. The molecule has 1 aromatic carbocycles. The van der Waals surface area contributed by atoms with Crippen molar-refractivity contribution >= 4 is 32.4 Å². The molecule has 0 N–H and O–H groups in total. The van der Waals surface area contributed by atoms with Gasteiger partial charge in [0.05, 0.1) is 15.7 Å². The molecule has 0 radical (unpaired) electrons. The van der Waals surface area contributed by atoms with Crippen LogP contribution in [0.5, 0.6) is 0 Å². The lowest BCUT2D eigenvalue weighted by Crippen LogP contribution is -2.38. The van der Waals surface area contributed by atoms with Crippen molar-refractivity contribution in [3.8, 4) is 6.07 Å².